The fourth-order valence-electron chi connectivity index (χ4n) is 2.20. The second kappa shape index (κ2) is 8.28. The first-order chi connectivity index (χ1) is 11.9. The molecule has 0 unspecified atom stereocenters. The van der Waals surface area contributed by atoms with Gasteiger partial charge >= 0.3 is 0 Å². The number of amides is 2. The highest BCUT2D eigenvalue weighted by molar-refractivity contribution is 5.95. The van der Waals surface area contributed by atoms with Crippen LogP contribution in [0.2, 0.25) is 0 Å². The van der Waals surface area contributed by atoms with Crippen molar-refractivity contribution in [3.05, 3.63) is 58.5 Å². The smallest absolute Gasteiger partial charge is 0.250 e. The zero-order chi connectivity index (χ0) is 18.4. The van der Waals surface area contributed by atoms with E-state index >= 15 is 0 Å². The van der Waals surface area contributed by atoms with E-state index in [4.69, 9.17) is 0 Å². The van der Waals surface area contributed by atoms with Crippen molar-refractivity contribution in [1.29, 1.82) is 0 Å². The number of rotatable bonds is 6. The minimum absolute atomic E-state index is 0.0791. The van der Waals surface area contributed by atoms with Gasteiger partial charge in [-0.2, -0.15) is 0 Å². The van der Waals surface area contributed by atoms with Gasteiger partial charge in [0.15, 0.2) is 0 Å². The number of hydrogen-bond donors (Lipinski definition) is 2. The molecule has 6 heteroatoms. The molecule has 132 valence electrons. The van der Waals surface area contributed by atoms with E-state index in [1.54, 1.807) is 30.5 Å². The molecule has 0 bridgehead atoms. The molecule has 6 nitrogen and oxygen atoms in total. The first kappa shape index (κ1) is 18.4. The molecule has 0 saturated carbocycles. The fraction of sp³-hybridized carbons (Fsp3) is 0.316. The van der Waals surface area contributed by atoms with E-state index in [0.717, 1.165) is 5.56 Å². The van der Waals surface area contributed by atoms with Crippen molar-refractivity contribution in [1.82, 2.24) is 4.57 Å². The Kier molecular flexibility index (Phi) is 6.11. The lowest BCUT2D eigenvalue weighted by atomic mass is 10.1. The van der Waals surface area contributed by atoms with Crippen molar-refractivity contribution in [2.24, 2.45) is 5.92 Å². The zero-order valence-corrected chi connectivity index (χ0v) is 14.7. The van der Waals surface area contributed by atoms with Crippen LogP contribution in [-0.2, 0) is 16.1 Å². The molecule has 0 spiro atoms. The van der Waals surface area contributed by atoms with Crippen molar-refractivity contribution >= 4 is 23.2 Å². The van der Waals surface area contributed by atoms with E-state index in [2.05, 4.69) is 10.6 Å². The highest BCUT2D eigenvalue weighted by Gasteiger charge is 2.10. The van der Waals surface area contributed by atoms with Crippen LogP contribution in [0.15, 0.2) is 47.4 Å². The summed E-state index contributed by atoms with van der Waals surface area (Å²) in [6, 6.07) is 10.3. The predicted octanol–water partition coefficient (Wildman–Crippen LogP) is 2.78. The molecule has 0 aliphatic heterocycles. The van der Waals surface area contributed by atoms with Crippen LogP contribution < -0.4 is 16.2 Å². The number of nitrogens with one attached hydrogen (secondary N) is 2. The number of carbonyl (C=O) groups is 2. The molecule has 1 aromatic heterocycles. The van der Waals surface area contributed by atoms with Crippen molar-refractivity contribution < 1.29 is 9.59 Å². The Balaban J connectivity index is 2.01. The topological polar surface area (TPSA) is 80.2 Å². The van der Waals surface area contributed by atoms with E-state index in [0.29, 0.717) is 17.9 Å². The Morgan fingerprint density at radius 1 is 1.12 bits per heavy atom. The number of aromatic nitrogens is 1. The van der Waals surface area contributed by atoms with Gasteiger partial charge in [-0.3, -0.25) is 14.4 Å². The van der Waals surface area contributed by atoms with E-state index in [1.807, 2.05) is 26.8 Å². The SMILES string of the molecule is Cc1ccc(NC(=O)C(C)C)cc1NC(=O)CCn1ccccc1=O. The summed E-state index contributed by atoms with van der Waals surface area (Å²) in [6.07, 6.45) is 1.84. The van der Waals surface area contributed by atoms with Gasteiger partial charge in [-0.15, -0.1) is 0 Å². The molecule has 0 atom stereocenters. The lowest BCUT2D eigenvalue weighted by molar-refractivity contribution is -0.119. The van der Waals surface area contributed by atoms with Gasteiger partial charge in [0.1, 0.15) is 0 Å². The second-order valence-corrected chi connectivity index (χ2v) is 6.20. The predicted molar refractivity (Wildman–Crippen MR) is 98.6 cm³/mol. The van der Waals surface area contributed by atoms with Crippen molar-refractivity contribution in [2.75, 3.05) is 10.6 Å². The molecule has 1 heterocycles. The van der Waals surface area contributed by atoms with Gasteiger partial charge < -0.3 is 15.2 Å². The molecule has 1 aromatic carbocycles. The van der Waals surface area contributed by atoms with E-state index in [9.17, 15) is 14.4 Å². The molecule has 0 fully saturated rings. The molecule has 2 aromatic rings. The second-order valence-electron chi connectivity index (χ2n) is 6.20. The molecular weight excluding hydrogens is 318 g/mol. The first-order valence-corrected chi connectivity index (χ1v) is 8.23. The maximum Gasteiger partial charge on any atom is 0.250 e. The van der Waals surface area contributed by atoms with Gasteiger partial charge in [0, 0.05) is 42.5 Å². The standard InChI is InChI=1S/C19H23N3O3/c1-13(2)19(25)20-15-8-7-14(3)16(12-15)21-17(23)9-11-22-10-5-4-6-18(22)24/h4-8,10,12-13H,9,11H2,1-3H3,(H,20,25)(H,21,23). The van der Waals surface area contributed by atoms with Crippen LogP contribution in [0.4, 0.5) is 11.4 Å². The average molecular weight is 341 g/mol. The van der Waals surface area contributed by atoms with Gasteiger partial charge in [0.2, 0.25) is 11.8 Å². The summed E-state index contributed by atoms with van der Waals surface area (Å²) in [5.41, 5.74) is 2.04. The summed E-state index contributed by atoms with van der Waals surface area (Å²) in [4.78, 5) is 35.6. The number of carbonyl (C=O) groups excluding carboxylic acids is 2. The van der Waals surface area contributed by atoms with Gasteiger partial charge in [-0.1, -0.05) is 26.0 Å². The summed E-state index contributed by atoms with van der Waals surface area (Å²) in [5, 5.41) is 5.65. The lowest BCUT2D eigenvalue weighted by Crippen LogP contribution is -2.22. The number of nitrogens with zero attached hydrogens (tertiary/aromatic N) is 1. The lowest BCUT2D eigenvalue weighted by Gasteiger charge is -2.13. The highest BCUT2D eigenvalue weighted by Crippen LogP contribution is 2.21. The van der Waals surface area contributed by atoms with E-state index < -0.39 is 0 Å². The molecule has 0 radical (unpaired) electrons. The number of pyridine rings is 1. The average Bonchev–Trinajstić information content (AvgIpc) is 2.57. The van der Waals surface area contributed by atoms with Gasteiger partial charge in [0.05, 0.1) is 0 Å². The van der Waals surface area contributed by atoms with Gasteiger partial charge in [-0.25, -0.2) is 0 Å². The Hall–Kier alpha value is -2.89. The van der Waals surface area contributed by atoms with Crippen LogP contribution in [0.25, 0.3) is 0 Å². The Labute approximate surface area is 146 Å². The number of benzene rings is 1. The number of hydrogen-bond acceptors (Lipinski definition) is 3. The first-order valence-electron chi connectivity index (χ1n) is 8.23. The van der Waals surface area contributed by atoms with E-state index in [-0.39, 0.29) is 29.7 Å². The Morgan fingerprint density at radius 3 is 2.56 bits per heavy atom. The normalized spacial score (nSPS) is 10.6. The van der Waals surface area contributed by atoms with Crippen molar-refractivity contribution in [3.63, 3.8) is 0 Å². The third-order valence-corrected chi connectivity index (χ3v) is 3.78. The van der Waals surface area contributed by atoms with Crippen LogP contribution in [0.3, 0.4) is 0 Å². The summed E-state index contributed by atoms with van der Waals surface area (Å²) in [7, 11) is 0. The highest BCUT2D eigenvalue weighted by atomic mass is 16.2. The number of anilines is 2. The van der Waals surface area contributed by atoms with E-state index in [1.165, 1.54) is 10.6 Å². The maximum absolute atomic E-state index is 12.2. The Bertz CT molecular complexity index is 825. The Morgan fingerprint density at radius 2 is 1.88 bits per heavy atom. The quantitative estimate of drug-likeness (QED) is 0.848. The molecule has 0 aliphatic rings. The fourth-order valence-corrected chi connectivity index (χ4v) is 2.20. The van der Waals surface area contributed by atoms with Crippen LogP contribution in [0.5, 0.6) is 0 Å². The van der Waals surface area contributed by atoms with Crippen LogP contribution >= 0.6 is 0 Å². The summed E-state index contributed by atoms with van der Waals surface area (Å²) < 4.78 is 1.49. The van der Waals surface area contributed by atoms with Crippen molar-refractivity contribution in [3.8, 4) is 0 Å². The molecule has 0 saturated heterocycles. The zero-order valence-electron chi connectivity index (χ0n) is 14.7. The number of aryl methyl sites for hydroxylation is 2. The van der Waals surface area contributed by atoms with Crippen molar-refractivity contribution in [2.45, 2.75) is 33.7 Å². The van der Waals surface area contributed by atoms with Crippen LogP contribution in [-0.4, -0.2) is 16.4 Å². The largest absolute Gasteiger partial charge is 0.326 e. The van der Waals surface area contributed by atoms with Crippen LogP contribution in [0, 0.1) is 12.8 Å². The molecule has 2 N–H and O–H groups in total. The molecule has 2 amide bonds. The molecule has 25 heavy (non-hydrogen) atoms. The van der Waals surface area contributed by atoms with Gasteiger partial charge in [0.25, 0.3) is 5.56 Å². The summed E-state index contributed by atoms with van der Waals surface area (Å²) in [6.45, 7) is 5.83. The minimum atomic E-state index is -0.189. The summed E-state index contributed by atoms with van der Waals surface area (Å²) >= 11 is 0. The van der Waals surface area contributed by atoms with Crippen LogP contribution in [0.1, 0.15) is 25.8 Å². The third kappa shape index (κ3) is 5.31. The maximum atomic E-state index is 12.2. The monoisotopic (exact) mass is 341 g/mol. The molecule has 2 rings (SSSR count). The summed E-state index contributed by atoms with van der Waals surface area (Å²) in [5.74, 6) is -0.390. The third-order valence-electron chi connectivity index (χ3n) is 3.78. The molecule has 0 aliphatic carbocycles. The molecular formula is C19H23N3O3. The minimum Gasteiger partial charge on any atom is -0.326 e. The van der Waals surface area contributed by atoms with Gasteiger partial charge in [-0.05, 0) is 30.7 Å².